The molecule has 0 radical (unpaired) electrons. The van der Waals surface area contributed by atoms with Crippen LogP contribution in [0.2, 0.25) is 0 Å². The molecule has 38 valence electrons. The van der Waals surface area contributed by atoms with E-state index in [2.05, 4.69) is 20.6 Å². The predicted octanol–water partition coefficient (Wildman–Crippen LogP) is -1.22. The third-order valence-electron chi connectivity index (χ3n) is 0.362. The number of nitrogens with two attached hydrogens (primary N) is 1. The summed E-state index contributed by atoms with van der Waals surface area (Å²) in [5, 5.41) is 11.9. The van der Waals surface area contributed by atoms with E-state index in [4.69, 9.17) is 5.73 Å². The number of nitrogen functional groups attached to an aromatic ring is 1. The molecule has 1 aromatic heterocycles. The number of nitrogens with zero attached hydrogens (tertiary/aromatic N) is 3. The molecular weight excluding hydrogens is 134 g/mol. The Hall–Kier alpha value is -0.598. The number of aromatic amines is 1. The van der Waals surface area contributed by atoms with Crippen molar-refractivity contribution in [2.24, 2.45) is 0 Å². The summed E-state index contributed by atoms with van der Waals surface area (Å²) in [4.78, 5) is 0. The second-order valence-corrected chi connectivity index (χ2v) is 0.786. The minimum absolute atomic E-state index is 0. The Morgan fingerprint density at radius 1 is 1.57 bits per heavy atom. The van der Waals surface area contributed by atoms with Gasteiger partial charge in [-0.15, -0.1) is 0 Å². The van der Waals surface area contributed by atoms with Crippen molar-refractivity contribution in [1.82, 2.24) is 20.6 Å². The molecule has 0 aromatic carbocycles. The quantitative estimate of drug-likeness (QED) is 0.469. The molecule has 0 unspecified atom stereocenters. The molecule has 3 N–H and O–H groups in total. The summed E-state index contributed by atoms with van der Waals surface area (Å²) in [5.74, 6) is 0.245. The summed E-state index contributed by atoms with van der Waals surface area (Å²) in [6, 6.07) is 0. The number of aromatic nitrogens is 4. The van der Waals surface area contributed by atoms with Crippen LogP contribution >= 0.6 is 0 Å². The molecule has 6 heteroatoms. The third kappa shape index (κ3) is 1.53. The topological polar surface area (TPSA) is 80.5 Å². The molecule has 0 amide bonds. The normalized spacial score (nSPS) is 7.43. The third-order valence-corrected chi connectivity index (χ3v) is 0.362. The molecule has 7 heavy (non-hydrogen) atoms. The second kappa shape index (κ2) is 2.55. The smallest absolute Gasteiger partial charge is 0.237 e. The monoisotopic (exact) mass is 137 g/mol. The van der Waals surface area contributed by atoms with Crippen molar-refractivity contribution in [1.29, 1.82) is 0 Å². The van der Waals surface area contributed by atoms with Gasteiger partial charge in [-0.05, 0) is 10.4 Å². The Kier molecular flexibility index (Phi) is 2.34. The predicted molar refractivity (Wildman–Crippen MR) is 18.6 cm³/mol. The Morgan fingerprint density at radius 3 is 2.43 bits per heavy atom. The molecular formula is CH3CrN5. The van der Waals surface area contributed by atoms with E-state index in [1.807, 2.05) is 0 Å². The number of hydrogen-bond acceptors (Lipinski definition) is 4. The number of H-pyrrole nitrogens is 1. The molecule has 0 fully saturated rings. The fraction of sp³-hybridized carbons (Fsp3) is 0. The molecule has 0 spiro atoms. The van der Waals surface area contributed by atoms with Crippen molar-refractivity contribution in [2.45, 2.75) is 0 Å². The first-order chi connectivity index (χ1) is 2.89. The summed E-state index contributed by atoms with van der Waals surface area (Å²) in [7, 11) is 0. The Bertz CT molecular complexity index is 112. The van der Waals surface area contributed by atoms with Gasteiger partial charge in [0.1, 0.15) is 0 Å². The number of tetrazole rings is 1. The van der Waals surface area contributed by atoms with E-state index in [1.54, 1.807) is 0 Å². The van der Waals surface area contributed by atoms with Gasteiger partial charge in [0.2, 0.25) is 5.95 Å². The standard InChI is InChI=1S/CH3N5.Cr/c2-1-3-5-6-4-1;/h(H3,2,3,4,5,6);. The molecule has 0 bridgehead atoms. The van der Waals surface area contributed by atoms with Crippen molar-refractivity contribution >= 4 is 5.95 Å². The average molecular weight is 137 g/mol. The van der Waals surface area contributed by atoms with E-state index in [1.165, 1.54) is 0 Å². The maximum Gasteiger partial charge on any atom is 0.237 e. The molecule has 0 atom stereocenters. The molecule has 5 nitrogen and oxygen atoms in total. The van der Waals surface area contributed by atoms with Crippen LogP contribution < -0.4 is 5.73 Å². The minimum Gasteiger partial charge on any atom is -0.367 e. The number of hydrogen-bond donors (Lipinski definition) is 2. The summed E-state index contributed by atoms with van der Waals surface area (Å²) in [6.07, 6.45) is 0. The molecule has 0 saturated carbocycles. The van der Waals surface area contributed by atoms with Crippen LogP contribution in [-0.2, 0) is 17.4 Å². The molecule has 0 aliphatic rings. The van der Waals surface area contributed by atoms with Gasteiger partial charge in [0.25, 0.3) is 0 Å². The van der Waals surface area contributed by atoms with Crippen LogP contribution in [-0.4, -0.2) is 20.6 Å². The molecule has 1 heterocycles. The zero-order valence-corrected chi connectivity index (χ0v) is 4.60. The largest absolute Gasteiger partial charge is 0.367 e. The van der Waals surface area contributed by atoms with Crippen molar-refractivity contribution in [3.63, 3.8) is 0 Å². The van der Waals surface area contributed by atoms with Gasteiger partial charge in [0.05, 0.1) is 0 Å². The summed E-state index contributed by atoms with van der Waals surface area (Å²) in [6.45, 7) is 0. The fourth-order valence-electron chi connectivity index (χ4n) is 0.166. The van der Waals surface area contributed by atoms with Crippen LogP contribution in [0.5, 0.6) is 0 Å². The first kappa shape index (κ1) is 6.40. The zero-order chi connectivity index (χ0) is 4.41. The van der Waals surface area contributed by atoms with Crippen LogP contribution in [0.4, 0.5) is 5.95 Å². The number of anilines is 1. The van der Waals surface area contributed by atoms with Gasteiger partial charge >= 0.3 is 0 Å². The number of nitrogens with one attached hydrogen (secondary N) is 1. The maximum absolute atomic E-state index is 4.99. The molecule has 0 aliphatic carbocycles. The number of rotatable bonds is 0. The van der Waals surface area contributed by atoms with E-state index < -0.39 is 0 Å². The van der Waals surface area contributed by atoms with E-state index in [0.29, 0.717) is 0 Å². The zero-order valence-electron chi connectivity index (χ0n) is 3.33. The van der Waals surface area contributed by atoms with Crippen LogP contribution in [0.15, 0.2) is 0 Å². The Balaban J connectivity index is 0.000000360. The summed E-state index contributed by atoms with van der Waals surface area (Å²) < 4.78 is 0. The van der Waals surface area contributed by atoms with Gasteiger partial charge in [-0.2, -0.15) is 0 Å². The van der Waals surface area contributed by atoms with Gasteiger partial charge in [0.15, 0.2) is 0 Å². The minimum atomic E-state index is 0. The average Bonchev–Trinajstić information content (AvgIpc) is 1.86. The van der Waals surface area contributed by atoms with Gasteiger partial charge in [-0.25, -0.2) is 5.10 Å². The van der Waals surface area contributed by atoms with Crippen LogP contribution in [0.1, 0.15) is 0 Å². The van der Waals surface area contributed by atoms with Gasteiger partial charge in [-0.1, -0.05) is 5.10 Å². The molecule has 1 rings (SSSR count). The maximum atomic E-state index is 4.99. The van der Waals surface area contributed by atoms with E-state index in [0.717, 1.165) is 0 Å². The Labute approximate surface area is 50.4 Å². The van der Waals surface area contributed by atoms with Crippen molar-refractivity contribution in [2.75, 3.05) is 5.73 Å². The first-order valence-corrected chi connectivity index (χ1v) is 1.39. The Morgan fingerprint density at radius 2 is 2.29 bits per heavy atom. The van der Waals surface area contributed by atoms with Crippen molar-refractivity contribution in [3.8, 4) is 0 Å². The molecule has 1 aromatic rings. The van der Waals surface area contributed by atoms with Gasteiger partial charge in [-0.3, -0.25) is 0 Å². The van der Waals surface area contributed by atoms with Crippen LogP contribution in [0, 0.1) is 0 Å². The van der Waals surface area contributed by atoms with Crippen molar-refractivity contribution < 1.29 is 17.4 Å². The van der Waals surface area contributed by atoms with E-state index in [-0.39, 0.29) is 23.3 Å². The molecule has 0 aliphatic heterocycles. The summed E-state index contributed by atoms with van der Waals surface area (Å²) in [5.41, 5.74) is 4.99. The van der Waals surface area contributed by atoms with Crippen molar-refractivity contribution in [3.05, 3.63) is 0 Å². The first-order valence-electron chi connectivity index (χ1n) is 1.39. The van der Waals surface area contributed by atoms with E-state index in [9.17, 15) is 0 Å². The fourth-order valence-corrected chi connectivity index (χ4v) is 0.166. The van der Waals surface area contributed by atoms with Crippen LogP contribution in [0.25, 0.3) is 0 Å². The van der Waals surface area contributed by atoms with Gasteiger partial charge < -0.3 is 5.73 Å². The van der Waals surface area contributed by atoms with E-state index >= 15 is 0 Å². The summed E-state index contributed by atoms with van der Waals surface area (Å²) >= 11 is 0. The van der Waals surface area contributed by atoms with Gasteiger partial charge in [0, 0.05) is 17.4 Å². The SMILES string of the molecule is Nc1nnn[nH]1.[Cr]. The van der Waals surface area contributed by atoms with Crippen LogP contribution in [0.3, 0.4) is 0 Å². The second-order valence-electron chi connectivity index (χ2n) is 0.786. The molecule has 0 saturated heterocycles.